The Morgan fingerprint density at radius 2 is 1.34 bits per heavy atom. The maximum atomic E-state index is 14.3. The van der Waals surface area contributed by atoms with Crippen LogP contribution in [-0.4, -0.2) is 65.8 Å². The number of nitro groups is 1. The highest BCUT2D eigenvalue weighted by atomic mass is 32.2. The lowest BCUT2D eigenvalue weighted by Gasteiger charge is -2.42. The number of nitrogens with zero attached hydrogens (tertiary/aromatic N) is 3. The highest BCUT2D eigenvalue weighted by Gasteiger charge is 2.52. The first kappa shape index (κ1) is 41.4. The molecule has 5 aromatic rings. The lowest BCUT2D eigenvalue weighted by atomic mass is 9.92. The molecule has 0 aliphatic carbocycles. The van der Waals surface area contributed by atoms with E-state index in [1.54, 1.807) is 48.5 Å². The van der Waals surface area contributed by atoms with E-state index < -0.39 is 57.4 Å². The van der Waals surface area contributed by atoms with Gasteiger partial charge in [0.15, 0.2) is 6.10 Å². The van der Waals surface area contributed by atoms with Crippen molar-refractivity contribution in [2.45, 2.75) is 67.0 Å². The lowest BCUT2D eigenvalue weighted by Crippen LogP contribution is -2.66. The van der Waals surface area contributed by atoms with E-state index in [0.717, 1.165) is 40.2 Å². The number of fused-ring (bicyclic) bond motifs is 1. The molecule has 0 N–H and O–H groups in total. The lowest BCUT2D eigenvalue weighted by molar-refractivity contribution is -0.384. The number of nitro benzene ring substituents is 1. The molecule has 15 heteroatoms. The van der Waals surface area contributed by atoms with E-state index in [0.29, 0.717) is 15.6 Å². The Bertz CT molecular complexity index is 2610. The number of sulfonamides is 2. The van der Waals surface area contributed by atoms with Gasteiger partial charge >= 0.3 is 6.09 Å². The molecule has 1 fully saturated rings. The van der Waals surface area contributed by atoms with Crippen LogP contribution in [0.15, 0.2) is 143 Å². The smallest absolute Gasteiger partial charge is 0.425 e. The van der Waals surface area contributed by atoms with E-state index in [1.165, 1.54) is 4.31 Å². The van der Waals surface area contributed by atoms with Gasteiger partial charge in [-0.15, -0.1) is 0 Å². The molecule has 0 saturated carbocycles. The number of aryl methyl sites for hydroxylation is 1. The maximum absolute atomic E-state index is 14.3. The van der Waals surface area contributed by atoms with Crippen molar-refractivity contribution < 1.29 is 35.7 Å². The summed E-state index contributed by atoms with van der Waals surface area (Å²) in [6.07, 6.45) is -2.49. The highest BCUT2D eigenvalue weighted by Crippen LogP contribution is 2.44. The van der Waals surface area contributed by atoms with Crippen molar-refractivity contribution >= 4 is 56.2 Å². The third-order valence-electron chi connectivity index (χ3n) is 10.9. The Morgan fingerprint density at radius 1 is 0.797 bits per heavy atom. The van der Waals surface area contributed by atoms with Crippen molar-refractivity contribution in [3.05, 3.63) is 155 Å². The van der Waals surface area contributed by atoms with Gasteiger partial charge in [0.05, 0.1) is 27.0 Å². The van der Waals surface area contributed by atoms with E-state index in [9.17, 15) is 31.7 Å². The molecule has 1 amide bonds. The van der Waals surface area contributed by atoms with Crippen molar-refractivity contribution in [1.82, 2.24) is 4.31 Å². The fourth-order valence-corrected chi connectivity index (χ4v) is 15.5. The standard InChI is InChI=1S/C44H43N3O9S2Si/c1-32-21-25-35(26-22-32)57(51,52)45-31-33(39-18-11-12-19-40(39)45)30-41-42(56-43(48)46(41)58(53,54)36-27-23-34(24-28-36)47(49)50)20-13-29-55-59(44(2,3)4,37-14-7-5-8-15-37)38-16-9-6-10-17-38/h5-12,14-19,21-28,33,41-42H,29-31H2,1-4H3/t33-,41+,42-/m0/s1. The van der Waals surface area contributed by atoms with Crippen molar-refractivity contribution in [2.75, 3.05) is 17.5 Å². The van der Waals surface area contributed by atoms with E-state index in [2.05, 4.69) is 56.9 Å². The first-order valence-corrected chi connectivity index (χ1v) is 23.8. The number of benzene rings is 5. The number of ether oxygens (including phenoxy) is 1. The van der Waals surface area contributed by atoms with Gasteiger partial charge in [0.2, 0.25) is 0 Å². The zero-order valence-corrected chi connectivity index (χ0v) is 35.5. The molecule has 0 unspecified atom stereocenters. The summed E-state index contributed by atoms with van der Waals surface area (Å²) < 4.78 is 71.4. The Morgan fingerprint density at radius 3 is 1.92 bits per heavy atom. The van der Waals surface area contributed by atoms with Crippen molar-refractivity contribution in [1.29, 1.82) is 0 Å². The minimum absolute atomic E-state index is 0.0389. The first-order valence-electron chi connectivity index (χ1n) is 19.0. The summed E-state index contributed by atoms with van der Waals surface area (Å²) in [5.74, 6) is 5.49. The fourth-order valence-electron chi connectivity index (χ4n) is 8.04. The van der Waals surface area contributed by atoms with Crippen LogP contribution < -0.4 is 14.7 Å². The zero-order valence-electron chi connectivity index (χ0n) is 32.9. The number of anilines is 1. The number of carbonyl (C=O) groups is 1. The van der Waals surface area contributed by atoms with Crippen LogP contribution in [0.5, 0.6) is 0 Å². The Kier molecular flexibility index (Phi) is 11.3. The number of hydrogen-bond acceptors (Lipinski definition) is 9. The molecule has 12 nitrogen and oxygen atoms in total. The second kappa shape index (κ2) is 16.1. The molecule has 304 valence electrons. The Labute approximate surface area is 345 Å². The van der Waals surface area contributed by atoms with Crippen LogP contribution in [0.1, 0.15) is 44.2 Å². The van der Waals surface area contributed by atoms with Gasteiger partial charge in [0.25, 0.3) is 34.1 Å². The van der Waals surface area contributed by atoms with E-state index in [-0.39, 0.29) is 40.1 Å². The molecule has 0 bridgehead atoms. The minimum atomic E-state index is -4.65. The van der Waals surface area contributed by atoms with Gasteiger partial charge in [-0.1, -0.05) is 129 Å². The molecule has 59 heavy (non-hydrogen) atoms. The van der Waals surface area contributed by atoms with E-state index in [1.807, 2.05) is 43.3 Å². The van der Waals surface area contributed by atoms with Crippen molar-refractivity contribution in [2.24, 2.45) is 0 Å². The molecule has 3 atom stereocenters. The van der Waals surface area contributed by atoms with Crippen LogP contribution in [0, 0.1) is 28.9 Å². The van der Waals surface area contributed by atoms with Gasteiger partial charge < -0.3 is 9.16 Å². The highest BCUT2D eigenvalue weighted by molar-refractivity contribution is 7.92. The molecular formula is C44H43N3O9S2Si. The molecule has 1 saturated heterocycles. The zero-order chi connectivity index (χ0) is 42.2. The van der Waals surface area contributed by atoms with Gasteiger partial charge in [-0.3, -0.25) is 14.4 Å². The number of amides is 1. The van der Waals surface area contributed by atoms with Crippen LogP contribution in [-0.2, 0) is 29.2 Å². The molecule has 0 radical (unpaired) electrons. The van der Waals surface area contributed by atoms with Gasteiger partial charge in [0, 0.05) is 24.6 Å². The number of para-hydroxylation sites is 1. The molecular weight excluding hydrogens is 807 g/mol. The monoisotopic (exact) mass is 849 g/mol. The maximum Gasteiger partial charge on any atom is 0.425 e. The number of rotatable bonds is 11. The average Bonchev–Trinajstić information content (AvgIpc) is 3.75. The van der Waals surface area contributed by atoms with Gasteiger partial charge in [-0.25, -0.2) is 21.6 Å². The SMILES string of the molecule is Cc1ccc(S(=O)(=O)N2C[C@H](C[C@@H]3[C@H](C#CCO[Si](c4ccccc4)(c4ccccc4)C(C)(C)C)OC(=O)N3S(=O)(=O)c3ccc([N+](=O)[O-])cc3)c3ccccc32)cc1. The summed E-state index contributed by atoms with van der Waals surface area (Å²) in [7, 11) is -11.7. The van der Waals surface area contributed by atoms with Crippen molar-refractivity contribution in [3.63, 3.8) is 0 Å². The molecule has 2 aliphatic heterocycles. The second-order valence-corrected chi connectivity index (χ2v) is 23.5. The molecule has 2 heterocycles. The summed E-state index contributed by atoms with van der Waals surface area (Å²) in [4.78, 5) is 24.2. The van der Waals surface area contributed by atoms with Gasteiger partial charge in [-0.2, -0.15) is 4.31 Å². The first-order chi connectivity index (χ1) is 28.1. The van der Waals surface area contributed by atoms with Crippen LogP contribution in [0.3, 0.4) is 0 Å². The van der Waals surface area contributed by atoms with E-state index >= 15 is 0 Å². The molecule has 0 aromatic heterocycles. The Balaban J connectivity index is 1.26. The average molecular weight is 850 g/mol. The summed E-state index contributed by atoms with van der Waals surface area (Å²) in [5, 5.41) is 13.1. The normalized spacial score (nSPS) is 18.2. The summed E-state index contributed by atoms with van der Waals surface area (Å²) in [6, 6.07) is 36.5. The number of hydrogen-bond donors (Lipinski definition) is 0. The van der Waals surface area contributed by atoms with Crippen LogP contribution in [0.25, 0.3) is 0 Å². The van der Waals surface area contributed by atoms with Crippen molar-refractivity contribution in [3.8, 4) is 11.8 Å². The Hall–Kier alpha value is -5.79. The topological polar surface area (TPSA) is 153 Å². The summed E-state index contributed by atoms with van der Waals surface area (Å²) in [5.41, 5.74) is 1.66. The van der Waals surface area contributed by atoms with Gasteiger partial charge in [-0.05, 0) is 64.7 Å². The van der Waals surface area contributed by atoms with Crippen LogP contribution in [0.4, 0.5) is 16.2 Å². The minimum Gasteiger partial charge on any atom is -0.430 e. The number of carbonyl (C=O) groups excluding carboxylic acids is 1. The van der Waals surface area contributed by atoms with E-state index in [4.69, 9.17) is 9.16 Å². The predicted molar refractivity (Wildman–Crippen MR) is 227 cm³/mol. The molecule has 2 aliphatic rings. The largest absolute Gasteiger partial charge is 0.430 e. The van der Waals surface area contributed by atoms with Crippen LogP contribution in [0.2, 0.25) is 5.04 Å². The van der Waals surface area contributed by atoms with Gasteiger partial charge in [0.1, 0.15) is 6.04 Å². The van der Waals surface area contributed by atoms with Crippen LogP contribution >= 0.6 is 0 Å². The third-order valence-corrected chi connectivity index (χ3v) is 19.4. The number of cyclic esters (lactones) is 1. The summed E-state index contributed by atoms with van der Waals surface area (Å²) in [6.45, 7) is 8.14. The fraction of sp³-hybridized carbons (Fsp3) is 0.250. The second-order valence-electron chi connectivity index (χ2n) is 15.5. The predicted octanol–water partition coefficient (Wildman–Crippen LogP) is 6.74. The molecule has 7 rings (SSSR count). The molecule has 5 aromatic carbocycles. The third kappa shape index (κ3) is 7.76. The quantitative estimate of drug-likeness (QED) is 0.0609. The number of non-ortho nitro benzene ring substituents is 1. The summed E-state index contributed by atoms with van der Waals surface area (Å²) >= 11 is 0. The molecule has 0 spiro atoms.